The van der Waals surface area contributed by atoms with Crippen molar-refractivity contribution in [2.75, 3.05) is 36.8 Å². The van der Waals surface area contributed by atoms with Crippen molar-refractivity contribution < 1.29 is 15.0 Å². The van der Waals surface area contributed by atoms with Crippen molar-refractivity contribution in [3.8, 4) is 0 Å². The highest BCUT2D eigenvalue weighted by atomic mass is 32.1. The van der Waals surface area contributed by atoms with Crippen molar-refractivity contribution in [2.45, 2.75) is 25.0 Å². The maximum Gasteiger partial charge on any atom is 0.268 e. The van der Waals surface area contributed by atoms with Crippen LogP contribution >= 0.6 is 11.3 Å². The summed E-state index contributed by atoms with van der Waals surface area (Å²) in [6.45, 7) is 2.16. The van der Waals surface area contributed by atoms with Gasteiger partial charge in [-0.1, -0.05) is 11.3 Å². The fraction of sp³-hybridized carbons (Fsp3) is 0.667. The van der Waals surface area contributed by atoms with Crippen LogP contribution in [0.5, 0.6) is 0 Å². The number of aliphatic hydroxyl groups is 2. The zero-order valence-corrected chi connectivity index (χ0v) is 11.8. The number of amides is 1. The fourth-order valence-corrected chi connectivity index (χ4v) is 3.60. The number of nitrogen functional groups attached to an aromatic ring is 1. The Morgan fingerprint density at radius 3 is 2.45 bits per heavy atom. The number of likely N-dealkylation sites (tertiary alicyclic amines) is 1. The topological polar surface area (TPSA) is 103 Å². The molecule has 8 heteroatoms. The second kappa shape index (κ2) is 5.19. The van der Waals surface area contributed by atoms with Crippen molar-refractivity contribution in [1.29, 1.82) is 0 Å². The number of rotatable bonds is 2. The Kier molecular flexibility index (Phi) is 3.53. The summed E-state index contributed by atoms with van der Waals surface area (Å²) in [7, 11) is 0. The molecule has 2 fully saturated rings. The maximum absolute atomic E-state index is 12.4. The van der Waals surface area contributed by atoms with Gasteiger partial charge in [0.05, 0.1) is 12.2 Å². The first-order valence-corrected chi connectivity index (χ1v) is 7.54. The minimum atomic E-state index is -0.883. The van der Waals surface area contributed by atoms with Crippen LogP contribution in [0.3, 0.4) is 0 Å². The molecule has 0 bridgehead atoms. The number of aromatic nitrogens is 1. The van der Waals surface area contributed by atoms with Crippen molar-refractivity contribution in [2.24, 2.45) is 0 Å². The fourth-order valence-electron chi connectivity index (χ4n) is 2.60. The van der Waals surface area contributed by atoms with Gasteiger partial charge in [0.15, 0.2) is 5.13 Å². The molecule has 3 heterocycles. The number of anilines is 2. The van der Waals surface area contributed by atoms with Gasteiger partial charge in [0.25, 0.3) is 5.91 Å². The third kappa shape index (κ3) is 2.34. The monoisotopic (exact) mass is 298 g/mol. The first-order chi connectivity index (χ1) is 9.56. The molecule has 4 N–H and O–H groups in total. The van der Waals surface area contributed by atoms with Crippen LogP contribution in [0.2, 0.25) is 0 Å². The quantitative estimate of drug-likeness (QED) is 0.680. The molecule has 0 spiro atoms. The Bertz CT molecular complexity index is 505. The van der Waals surface area contributed by atoms with Gasteiger partial charge in [-0.15, -0.1) is 0 Å². The minimum Gasteiger partial charge on any atom is -0.388 e. The summed E-state index contributed by atoms with van der Waals surface area (Å²) in [5.41, 5.74) is 5.85. The molecule has 20 heavy (non-hydrogen) atoms. The number of β-amino-alcohol motifs (C(OH)–C–C–N with tert-alkyl or cyclic N) is 2. The number of carbonyl (C=O) groups is 1. The van der Waals surface area contributed by atoms with Gasteiger partial charge in [-0.25, -0.2) is 4.98 Å². The molecule has 2 unspecified atom stereocenters. The molecule has 7 nitrogen and oxygen atoms in total. The van der Waals surface area contributed by atoms with Crippen molar-refractivity contribution in [3.05, 3.63) is 4.88 Å². The van der Waals surface area contributed by atoms with Crippen LogP contribution in [-0.2, 0) is 0 Å². The molecule has 0 aromatic carbocycles. The van der Waals surface area contributed by atoms with Crippen molar-refractivity contribution in [1.82, 2.24) is 9.88 Å². The standard InChI is InChI=1S/C12H18N4O3S/c13-10-9(11(19)16-5-7(17)8(18)6-16)20-12(14-10)15-3-1-2-4-15/h7-8,17-18H,1-6,13H2. The molecule has 3 rings (SSSR count). The molecule has 0 aliphatic carbocycles. The number of thiazole rings is 1. The summed E-state index contributed by atoms with van der Waals surface area (Å²) in [5, 5.41) is 19.8. The summed E-state index contributed by atoms with van der Waals surface area (Å²) in [6, 6.07) is 0. The molecule has 2 saturated heterocycles. The maximum atomic E-state index is 12.4. The van der Waals surface area contributed by atoms with Gasteiger partial charge >= 0.3 is 0 Å². The number of hydrogen-bond acceptors (Lipinski definition) is 7. The average Bonchev–Trinajstić information content (AvgIpc) is 3.10. The molecule has 2 atom stereocenters. The van der Waals surface area contributed by atoms with Crippen LogP contribution in [0.25, 0.3) is 0 Å². The van der Waals surface area contributed by atoms with E-state index in [1.54, 1.807) is 0 Å². The molecular formula is C12H18N4O3S. The lowest BCUT2D eigenvalue weighted by Gasteiger charge is -2.14. The number of nitrogens with zero attached hydrogens (tertiary/aromatic N) is 3. The summed E-state index contributed by atoms with van der Waals surface area (Å²) < 4.78 is 0. The van der Waals surface area contributed by atoms with Gasteiger partial charge in [-0.2, -0.15) is 0 Å². The molecule has 1 aromatic rings. The Balaban J connectivity index is 1.78. The van der Waals surface area contributed by atoms with Crippen molar-refractivity contribution >= 4 is 28.2 Å². The summed E-state index contributed by atoms with van der Waals surface area (Å²) in [6.07, 6.45) is 0.498. The molecule has 110 valence electrons. The van der Waals surface area contributed by atoms with E-state index in [2.05, 4.69) is 9.88 Å². The zero-order valence-electron chi connectivity index (χ0n) is 11.0. The first kappa shape index (κ1) is 13.6. The van der Waals surface area contributed by atoms with Crippen LogP contribution in [-0.4, -0.2) is 64.4 Å². The Labute approximate surface area is 120 Å². The second-order valence-electron chi connectivity index (χ2n) is 5.25. The van der Waals surface area contributed by atoms with Gasteiger partial charge in [-0.05, 0) is 12.8 Å². The zero-order chi connectivity index (χ0) is 14.3. The summed E-state index contributed by atoms with van der Waals surface area (Å²) >= 11 is 1.29. The number of hydrogen-bond donors (Lipinski definition) is 3. The lowest BCUT2D eigenvalue weighted by atomic mass is 10.3. The van der Waals surface area contributed by atoms with Crippen LogP contribution in [0.15, 0.2) is 0 Å². The second-order valence-corrected chi connectivity index (χ2v) is 6.23. The third-order valence-corrected chi connectivity index (χ3v) is 4.88. The summed E-state index contributed by atoms with van der Waals surface area (Å²) in [5.74, 6) is -0.0289. The van der Waals surface area contributed by atoms with Gasteiger partial charge in [0.2, 0.25) is 0 Å². The normalized spacial score (nSPS) is 26.5. The molecule has 1 amide bonds. The first-order valence-electron chi connectivity index (χ1n) is 6.73. The van der Waals surface area contributed by atoms with E-state index in [-0.39, 0.29) is 24.8 Å². The molecule has 2 aliphatic heterocycles. The van der Waals surface area contributed by atoms with Crippen molar-refractivity contribution in [3.63, 3.8) is 0 Å². The van der Waals surface area contributed by atoms with E-state index in [9.17, 15) is 15.0 Å². The molecule has 0 saturated carbocycles. The van der Waals surface area contributed by atoms with Gasteiger partial charge in [-0.3, -0.25) is 4.79 Å². The highest BCUT2D eigenvalue weighted by Crippen LogP contribution is 2.31. The minimum absolute atomic E-state index is 0.135. The van der Waals surface area contributed by atoms with Gasteiger partial charge in [0.1, 0.15) is 10.7 Å². The molecule has 2 aliphatic rings. The van der Waals surface area contributed by atoms with E-state index in [0.717, 1.165) is 31.1 Å². The van der Waals surface area contributed by atoms with Gasteiger partial charge < -0.3 is 25.7 Å². The number of nitrogens with two attached hydrogens (primary N) is 1. The van der Waals surface area contributed by atoms with E-state index in [4.69, 9.17) is 5.73 Å². The SMILES string of the molecule is Nc1nc(N2CCCC2)sc1C(=O)N1CC(O)C(O)C1. The Hall–Kier alpha value is -1.38. The Morgan fingerprint density at radius 1 is 1.25 bits per heavy atom. The van der Waals surface area contributed by atoms with E-state index < -0.39 is 12.2 Å². The smallest absolute Gasteiger partial charge is 0.268 e. The Morgan fingerprint density at radius 2 is 1.85 bits per heavy atom. The average molecular weight is 298 g/mol. The van der Waals surface area contributed by atoms with E-state index in [1.165, 1.54) is 16.2 Å². The highest BCUT2D eigenvalue weighted by Gasteiger charge is 2.35. The number of carbonyl (C=O) groups excluding carboxylic acids is 1. The molecular weight excluding hydrogens is 280 g/mol. The predicted octanol–water partition coefficient (Wildman–Crippen LogP) is -0.497. The van der Waals surface area contributed by atoms with E-state index >= 15 is 0 Å². The predicted molar refractivity (Wildman–Crippen MR) is 75.9 cm³/mol. The van der Waals surface area contributed by atoms with Gasteiger partial charge in [0, 0.05) is 26.2 Å². The van der Waals surface area contributed by atoms with E-state index in [0.29, 0.717) is 4.88 Å². The van der Waals surface area contributed by atoms with Crippen LogP contribution in [0, 0.1) is 0 Å². The molecule has 0 radical (unpaired) electrons. The lowest BCUT2D eigenvalue weighted by Crippen LogP contribution is -2.29. The summed E-state index contributed by atoms with van der Waals surface area (Å²) in [4.78, 5) is 20.6. The van der Waals surface area contributed by atoms with Crippen LogP contribution in [0.1, 0.15) is 22.5 Å². The van der Waals surface area contributed by atoms with Crippen LogP contribution < -0.4 is 10.6 Å². The van der Waals surface area contributed by atoms with E-state index in [1.807, 2.05) is 0 Å². The lowest BCUT2D eigenvalue weighted by molar-refractivity contribution is 0.0572. The third-order valence-electron chi connectivity index (χ3n) is 3.76. The largest absolute Gasteiger partial charge is 0.388 e. The molecule has 1 aromatic heterocycles. The number of aliphatic hydroxyl groups excluding tert-OH is 2. The highest BCUT2D eigenvalue weighted by molar-refractivity contribution is 7.18. The van der Waals surface area contributed by atoms with Crippen LogP contribution in [0.4, 0.5) is 10.9 Å².